The van der Waals surface area contributed by atoms with Gasteiger partial charge in [0.25, 0.3) is 0 Å². The predicted octanol–water partition coefficient (Wildman–Crippen LogP) is 1.44. The smallest absolute Gasteiger partial charge is 0.219 e. The summed E-state index contributed by atoms with van der Waals surface area (Å²) in [6.45, 7) is 10.2. The third-order valence-electron chi connectivity index (χ3n) is 1.64. The van der Waals surface area contributed by atoms with Gasteiger partial charge >= 0.3 is 0 Å². The van der Waals surface area contributed by atoms with Crippen molar-refractivity contribution in [2.45, 2.75) is 27.7 Å². The SMILES string of the molecule is CC.CCN(CCN(C)C)C(C)=O. The average Bonchev–Trinajstić information content (AvgIpc) is 2.08. The Kier molecular flexibility index (Phi) is 10.9. The van der Waals surface area contributed by atoms with E-state index < -0.39 is 0 Å². The van der Waals surface area contributed by atoms with Crippen molar-refractivity contribution in [1.29, 1.82) is 0 Å². The molecule has 0 saturated heterocycles. The van der Waals surface area contributed by atoms with Crippen LogP contribution in [-0.2, 0) is 4.79 Å². The molecule has 0 aromatic rings. The second-order valence-electron chi connectivity index (χ2n) is 2.90. The number of hydrogen-bond donors (Lipinski definition) is 0. The Morgan fingerprint density at radius 1 is 1.15 bits per heavy atom. The van der Waals surface area contributed by atoms with E-state index in [1.807, 2.05) is 39.8 Å². The van der Waals surface area contributed by atoms with Crippen LogP contribution in [0, 0.1) is 0 Å². The van der Waals surface area contributed by atoms with Crippen LogP contribution in [0.25, 0.3) is 0 Å². The lowest BCUT2D eigenvalue weighted by molar-refractivity contribution is -0.128. The second-order valence-corrected chi connectivity index (χ2v) is 2.90. The van der Waals surface area contributed by atoms with E-state index >= 15 is 0 Å². The van der Waals surface area contributed by atoms with Crippen LogP contribution >= 0.6 is 0 Å². The first-order valence-corrected chi connectivity index (χ1v) is 4.98. The molecule has 0 N–H and O–H groups in total. The maximum Gasteiger partial charge on any atom is 0.219 e. The monoisotopic (exact) mass is 188 g/mol. The largest absolute Gasteiger partial charge is 0.342 e. The van der Waals surface area contributed by atoms with E-state index in [-0.39, 0.29) is 5.91 Å². The molecule has 0 radical (unpaired) electrons. The van der Waals surface area contributed by atoms with Gasteiger partial charge in [-0.05, 0) is 21.0 Å². The number of amides is 1. The summed E-state index contributed by atoms with van der Waals surface area (Å²) in [4.78, 5) is 14.8. The Hall–Kier alpha value is -0.570. The van der Waals surface area contributed by atoms with Crippen LogP contribution in [0.2, 0.25) is 0 Å². The quantitative estimate of drug-likeness (QED) is 0.666. The second kappa shape index (κ2) is 9.52. The minimum atomic E-state index is 0.161. The van der Waals surface area contributed by atoms with Gasteiger partial charge in [0.1, 0.15) is 0 Å². The molecular formula is C10H24N2O. The van der Waals surface area contributed by atoms with Crippen LogP contribution in [0.3, 0.4) is 0 Å². The maximum absolute atomic E-state index is 10.9. The normalized spacial score (nSPS) is 9.15. The van der Waals surface area contributed by atoms with E-state index in [2.05, 4.69) is 4.90 Å². The Balaban J connectivity index is 0. The highest BCUT2D eigenvalue weighted by molar-refractivity contribution is 5.73. The van der Waals surface area contributed by atoms with E-state index in [9.17, 15) is 4.79 Å². The van der Waals surface area contributed by atoms with E-state index in [0.717, 1.165) is 19.6 Å². The van der Waals surface area contributed by atoms with Gasteiger partial charge in [0, 0.05) is 26.6 Å². The number of carbonyl (C=O) groups excluding carboxylic acids is 1. The van der Waals surface area contributed by atoms with Gasteiger partial charge in [-0.25, -0.2) is 0 Å². The zero-order chi connectivity index (χ0) is 10.9. The fraction of sp³-hybridized carbons (Fsp3) is 0.900. The molecule has 0 fully saturated rings. The number of likely N-dealkylation sites (N-methyl/N-ethyl adjacent to an activating group) is 2. The van der Waals surface area contributed by atoms with Crippen LogP contribution in [0.4, 0.5) is 0 Å². The number of carbonyl (C=O) groups is 1. The highest BCUT2D eigenvalue weighted by Gasteiger charge is 2.04. The first-order valence-electron chi connectivity index (χ1n) is 4.98. The first-order chi connectivity index (χ1) is 6.07. The summed E-state index contributed by atoms with van der Waals surface area (Å²) >= 11 is 0. The lowest BCUT2D eigenvalue weighted by Gasteiger charge is -2.20. The molecule has 3 heteroatoms. The number of rotatable bonds is 4. The van der Waals surface area contributed by atoms with Gasteiger partial charge in [0.15, 0.2) is 0 Å². The average molecular weight is 188 g/mol. The molecule has 80 valence electrons. The van der Waals surface area contributed by atoms with Gasteiger partial charge < -0.3 is 9.80 Å². The lowest BCUT2D eigenvalue weighted by atomic mass is 10.4. The van der Waals surface area contributed by atoms with Crippen LogP contribution in [0.5, 0.6) is 0 Å². The molecule has 0 spiro atoms. The van der Waals surface area contributed by atoms with E-state index in [1.54, 1.807) is 6.92 Å². The van der Waals surface area contributed by atoms with Crippen molar-refractivity contribution in [3.8, 4) is 0 Å². The molecule has 0 rings (SSSR count). The third-order valence-corrected chi connectivity index (χ3v) is 1.64. The molecule has 0 unspecified atom stereocenters. The topological polar surface area (TPSA) is 23.6 Å². The van der Waals surface area contributed by atoms with Gasteiger partial charge in [0.05, 0.1) is 0 Å². The molecule has 3 nitrogen and oxygen atoms in total. The fourth-order valence-electron chi connectivity index (χ4n) is 0.859. The standard InChI is InChI=1S/C8H18N2O.C2H6/c1-5-10(8(2)11)7-6-9(3)4;1-2/h5-7H2,1-4H3;1-2H3. The number of nitrogens with zero attached hydrogens (tertiary/aromatic N) is 2. The Bertz CT molecular complexity index is 124. The van der Waals surface area contributed by atoms with Crippen LogP contribution in [0.15, 0.2) is 0 Å². The van der Waals surface area contributed by atoms with Crippen molar-refractivity contribution in [2.24, 2.45) is 0 Å². The fourth-order valence-corrected chi connectivity index (χ4v) is 0.859. The van der Waals surface area contributed by atoms with Crippen molar-refractivity contribution in [3.05, 3.63) is 0 Å². The van der Waals surface area contributed by atoms with E-state index in [4.69, 9.17) is 0 Å². The summed E-state index contributed by atoms with van der Waals surface area (Å²) in [7, 11) is 4.02. The summed E-state index contributed by atoms with van der Waals surface area (Å²) in [6, 6.07) is 0. The van der Waals surface area contributed by atoms with Gasteiger partial charge in [0.2, 0.25) is 5.91 Å². The molecule has 0 aromatic heterocycles. The van der Waals surface area contributed by atoms with Crippen LogP contribution in [-0.4, -0.2) is 49.4 Å². The molecule has 0 saturated carbocycles. The zero-order valence-electron chi connectivity index (χ0n) is 9.92. The Labute approximate surface area is 82.7 Å². The molecule has 0 aliphatic carbocycles. The first kappa shape index (κ1) is 14.9. The number of hydrogen-bond acceptors (Lipinski definition) is 2. The summed E-state index contributed by atoms with van der Waals surface area (Å²) in [5.41, 5.74) is 0. The molecule has 0 aliphatic rings. The molecule has 0 aliphatic heterocycles. The van der Waals surface area contributed by atoms with Crippen molar-refractivity contribution >= 4 is 5.91 Å². The maximum atomic E-state index is 10.9. The van der Waals surface area contributed by atoms with Crippen molar-refractivity contribution in [3.63, 3.8) is 0 Å². The van der Waals surface area contributed by atoms with Crippen molar-refractivity contribution in [1.82, 2.24) is 9.80 Å². The minimum absolute atomic E-state index is 0.161. The van der Waals surface area contributed by atoms with Gasteiger partial charge in [-0.3, -0.25) is 4.79 Å². The zero-order valence-corrected chi connectivity index (χ0v) is 9.92. The molecule has 0 aromatic carbocycles. The van der Waals surface area contributed by atoms with Crippen LogP contribution < -0.4 is 0 Å². The molecule has 0 heterocycles. The van der Waals surface area contributed by atoms with Gasteiger partial charge in [-0.15, -0.1) is 0 Å². The molecule has 0 bridgehead atoms. The summed E-state index contributed by atoms with van der Waals surface area (Å²) in [5, 5.41) is 0. The Morgan fingerprint density at radius 2 is 1.62 bits per heavy atom. The molecule has 1 amide bonds. The third kappa shape index (κ3) is 9.34. The summed E-state index contributed by atoms with van der Waals surface area (Å²) < 4.78 is 0. The van der Waals surface area contributed by atoms with Crippen LogP contribution in [0.1, 0.15) is 27.7 Å². The highest BCUT2D eigenvalue weighted by Crippen LogP contribution is 1.88. The predicted molar refractivity (Wildman–Crippen MR) is 57.8 cm³/mol. The molecular weight excluding hydrogens is 164 g/mol. The lowest BCUT2D eigenvalue weighted by Crippen LogP contribution is -2.34. The van der Waals surface area contributed by atoms with Crippen molar-refractivity contribution in [2.75, 3.05) is 33.7 Å². The Morgan fingerprint density at radius 3 is 1.85 bits per heavy atom. The van der Waals surface area contributed by atoms with Gasteiger partial charge in [-0.2, -0.15) is 0 Å². The van der Waals surface area contributed by atoms with Gasteiger partial charge in [-0.1, -0.05) is 13.8 Å². The minimum Gasteiger partial charge on any atom is -0.342 e. The summed E-state index contributed by atoms with van der Waals surface area (Å²) in [6.07, 6.45) is 0. The van der Waals surface area contributed by atoms with Crippen molar-refractivity contribution < 1.29 is 4.79 Å². The summed E-state index contributed by atoms with van der Waals surface area (Å²) in [5.74, 6) is 0.161. The highest BCUT2D eigenvalue weighted by atomic mass is 16.2. The van der Waals surface area contributed by atoms with E-state index in [1.165, 1.54) is 0 Å². The van der Waals surface area contributed by atoms with E-state index in [0.29, 0.717) is 0 Å². The molecule has 0 atom stereocenters. The molecule has 13 heavy (non-hydrogen) atoms.